The maximum atomic E-state index is 12.4. The molecule has 0 atom stereocenters. The van der Waals surface area contributed by atoms with E-state index >= 15 is 0 Å². The summed E-state index contributed by atoms with van der Waals surface area (Å²) in [5.74, 6) is 0.966. The van der Waals surface area contributed by atoms with E-state index in [0.29, 0.717) is 10.8 Å². The summed E-state index contributed by atoms with van der Waals surface area (Å²) in [5.41, 5.74) is 2.59. The minimum atomic E-state index is -0.232. The van der Waals surface area contributed by atoms with Crippen molar-refractivity contribution in [3.8, 4) is 11.4 Å². The van der Waals surface area contributed by atoms with Crippen molar-refractivity contribution in [2.45, 2.75) is 17.3 Å². The molecule has 2 heterocycles. The summed E-state index contributed by atoms with van der Waals surface area (Å²) < 4.78 is 0. The molecule has 0 spiro atoms. The second kappa shape index (κ2) is 9.51. The van der Waals surface area contributed by atoms with Gasteiger partial charge in [-0.05, 0) is 59.3 Å². The summed E-state index contributed by atoms with van der Waals surface area (Å²) in [7, 11) is 0. The standard InChI is InChI=1S/C21H17ClN6OS/c22-17-9-7-16(8-10-17)21-25-27-28(26-21)13-19(29)24-18-5-3-4-15(12-18)14-30-20-6-1-2-11-23-20/h1-12H,13-14H2,(H,24,29). The molecule has 0 fully saturated rings. The van der Waals surface area contributed by atoms with Gasteiger partial charge in [0.2, 0.25) is 11.7 Å². The van der Waals surface area contributed by atoms with Crippen LogP contribution in [-0.4, -0.2) is 31.1 Å². The van der Waals surface area contributed by atoms with Gasteiger partial charge in [-0.25, -0.2) is 4.98 Å². The van der Waals surface area contributed by atoms with E-state index in [0.717, 1.165) is 27.6 Å². The van der Waals surface area contributed by atoms with Crippen LogP contribution in [0.5, 0.6) is 0 Å². The molecule has 0 radical (unpaired) electrons. The first-order valence-corrected chi connectivity index (χ1v) is 10.5. The van der Waals surface area contributed by atoms with Crippen LogP contribution in [0.4, 0.5) is 5.69 Å². The molecule has 2 aromatic heterocycles. The molecule has 2 aromatic carbocycles. The number of nitrogens with one attached hydrogen (secondary N) is 1. The number of carbonyl (C=O) groups is 1. The first kappa shape index (κ1) is 20.1. The molecule has 150 valence electrons. The average molecular weight is 437 g/mol. The molecule has 0 unspecified atom stereocenters. The zero-order valence-corrected chi connectivity index (χ0v) is 17.3. The Morgan fingerprint density at radius 2 is 1.93 bits per heavy atom. The van der Waals surface area contributed by atoms with E-state index in [1.54, 1.807) is 42.2 Å². The number of nitrogens with zero attached hydrogens (tertiary/aromatic N) is 5. The molecule has 0 aliphatic carbocycles. The van der Waals surface area contributed by atoms with Crippen molar-refractivity contribution in [2.24, 2.45) is 0 Å². The van der Waals surface area contributed by atoms with E-state index in [-0.39, 0.29) is 12.5 Å². The number of thioether (sulfide) groups is 1. The number of benzene rings is 2. The molecule has 4 aromatic rings. The van der Waals surface area contributed by atoms with E-state index < -0.39 is 0 Å². The van der Waals surface area contributed by atoms with Gasteiger partial charge >= 0.3 is 0 Å². The topological polar surface area (TPSA) is 85.6 Å². The minimum Gasteiger partial charge on any atom is -0.324 e. The lowest BCUT2D eigenvalue weighted by molar-refractivity contribution is -0.117. The molecular weight excluding hydrogens is 420 g/mol. The maximum Gasteiger partial charge on any atom is 0.248 e. The first-order chi connectivity index (χ1) is 14.7. The summed E-state index contributed by atoms with van der Waals surface area (Å²) in [5, 5.41) is 16.7. The normalized spacial score (nSPS) is 10.7. The number of anilines is 1. The summed E-state index contributed by atoms with van der Waals surface area (Å²) >= 11 is 7.53. The van der Waals surface area contributed by atoms with E-state index in [1.165, 1.54) is 4.80 Å². The molecule has 9 heteroatoms. The molecular formula is C21H17ClN6OS. The van der Waals surface area contributed by atoms with Crippen molar-refractivity contribution < 1.29 is 4.79 Å². The van der Waals surface area contributed by atoms with Crippen molar-refractivity contribution in [3.05, 3.63) is 83.5 Å². The van der Waals surface area contributed by atoms with Crippen molar-refractivity contribution in [3.63, 3.8) is 0 Å². The molecule has 0 aliphatic rings. The van der Waals surface area contributed by atoms with Gasteiger partial charge in [0.25, 0.3) is 0 Å². The molecule has 0 bridgehead atoms. The highest BCUT2D eigenvalue weighted by molar-refractivity contribution is 7.98. The lowest BCUT2D eigenvalue weighted by Crippen LogP contribution is -2.20. The number of pyridine rings is 1. The van der Waals surface area contributed by atoms with E-state index in [9.17, 15) is 4.79 Å². The Labute approximate surface area is 182 Å². The molecule has 0 saturated carbocycles. The van der Waals surface area contributed by atoms with Gasteiger partial charge in [0.15, 0.2) is 0 Å². The molecule has 30 heavy (non-hydrogen) atoms. The number of amides is 1. The third-order valence-corrected chi connectivity index (χ3v) is 5.34. The van der Waals surface area contributed by atoms with Crippen LogP contribution < -0.4 is 5.32 Å². The molecule has 1 amide bonds. The fourth-order valence-corrected chi connectivity index (χ4v) is 3.61. The van der Waals surface area contributed by atoms with Crippen LogP contribution in [0.3, 0.4) is 0 Å². The van der Waals surface area contributed by atoms with Gasteiger partial charge in [-0.1, -0.05) is 29.8 Å². The highest BCUT2D eigenvalue weighted by Gasteiger charge is 2.10. The van der Waals surface area contributed by atoms with E-state index in [2.05, 4.69) is 25.7 Å². The first-order valence-electron chi connectivity index (χ1n) is 9.12. The number of rotatable bonds is 7. The predicted molar refractivity (Wildman–Crippen MR) is 117 cm³/mol. The highest BCUT2D eigenvalue weighted by Crippen LogP contribution is 2.22. The van der Waals surface area contributed by atoms with Gasteiger partial charge in [0.05, 0.1) is 5.03 Å². The number of carbonyl (C=O) groups excluding carboxylic acids is 1. The predicted octanol–water partition coefficient (Wildman–Crippen LogP) is 4.32. The third-order valence-electron chi connectivity index (χ3n) is 4.08. The largest absolute Gasteiger partial charge is 0.324 e. The van der Waals surface area contributed by atoms with Crippen LogP contribution in [0.2, 0.25) is 5.02 Å². The van der Waals surface area contributed by atoms with Crippen LogP contribution >= 0.6 is 23.4 Å². The van der Waals surface area contributed by atoms with Crippen LogP contribution in [0.1, 0.15) is 5.56 Å². The summed E-state index contributed by atoms with van der Waals surface area (Å²) in [6, 6.07) is 20.7. The number of halogens is 1. The zero-order chi connectivity index (χ0) is 20.8. The van der Waals surface area contributed by atoms with Crippen LogP contribution in [0, 0.1) is 0 Å². The minimum absolute atomic E-state index is 0.0342. The SMILES string of the molecule is O=C(Cn1nnc(-c2ccc(Cl)cc2)n1)Nc1cccc(CSc2ccccn2)c1. The smallest absolute Gasteiger partial charge is 0.248 e. The second-order valence-electron chi connectivity index (χ2n) is 6.36. The van der Waals surface area contributed by atoms with Gasteiger partial charge in [-0.2, -0.15) is 4.80 Å². The van der Waals surface area contributed by atoms with Gasteiger partial charge in [0, 0.05) is 28.2 Å². The van der Waals surface area contributed by atoms with Gasteiger partial charge in [-0.15, -0.1) is 22.0 Å². The van der Waals surface area contributed by atoms with Crippen LogP contribution in [0.25, 0.3) is 11.4 Å². The Morgan fingerprint density at radius 1 is 1.07 bits per heavy atom. The summed E-state index contributed by atoms with van der Waals surface area (Å²) in [6.07, 6.45) is 1.77. The number of hydrogen-bond acceptors (Lipinski definition) is 6. The Bertz CT molecular complexity index is 1130. The molecule has 0 aliphatic heterocycles. The average Bonchev–Trinajstić information content (AvgIpc) is 3.22. The second-order valence-corrected chi connectivity index (χ2v) is 7.79. The Hall–Kier alpha value is -3.23. The number of aromatic nitrogens is 5. The maximum absolute atomic E-state index is 12.4. The van der Waals surface area contributed by atoms with E-state index in [1.807, 2.05) is 42.5 Å². The fourth-order valence-electron chi connectivity index (χ4n) is 2.68. The summed E-state index contributed by atoms with van der Waals surface area (Å²) in [6.45, 7) is -0.0342. The third kappa shape index (κ3) is 5.43. The van der Waals surface area contributed by atoms with Crippen molar-refractivity contribution >= 4 is 35.0 Å². The quantitative estimate of drug-likeness (QED) is 0.434. The van der Waals surface area contributed by atoms with Gasteiger partial charge < -0.3 is 5.32 Å². The zero-order valence-electron chi connectivity index (χ0n) is 15.8. The highest BCUT2D eigenvalue weighted by atomic mass is 35.5. The van der Waals surface area contributed by atoms with Crippen molar-refractivity contribution in [1.29, 1.82) is 0 Å². The Balaban J connectivity index is 1.34. The van der Waals surface area contributed by atoms with E-state index in [4.69, 9.17) is 11.6 Å². The molecule has 4 rings (SSSR count). The summed E-state index contributed by atoms with van der Waals surface area (Å²) in [4.78, 5) is 18.0. The molecule has 7 nitrogen and oxygen atoms in total. The lowest BCUT2D eigenvalue weighted by atomic mass is 10.2. The van der Waals surface area contributed by atoms with Gasteiger partial charge in [0.1, 0.15) is 6.54 Å². The van der Waals surface area contributed by atoms with Crippen LogP contribution in [0.15, 0.2) is 78.0 Å². The number of hydrogen-bond donors (Lipinski definition) is 1. The fraction of sp³-hybridized carbons (Fsp3) is 0.0952. The molecule has 0 saturated heterocycles. The number of tetrazole rings is 1. The van der Waals surface area contributed by atoms with Crippen molar-refractivity contribution in [2.75, 3.05) is 5.32 Å². The Kier molecular flexibility index (Phi) is 6.36. The lowest BCUT2D eigenvalue weighted by Gasteiger charge is -2.07. The van der Waals surface area contributed by atoms with Crippen LogP contribution in [-0.2, 0) is 17.1 Å². The monoisotopic (exact) mass is 436 g/mol. The van der Waals surface area contributed by atoms with Crippen molar-refractivity contribution in [1.82, 2.24) is 25.2 Å². The van der Waals surface area contributed by atoms with Gasteiger partial charge in [-0.3, -0.25) is 4.79 Å². The molecule has 1 N–H and O–H groups in total. The Morgan fingerprint density at radius 3 is 2.73 bits per heavy atom.